The van der Waals surface area contributed by atoms with Crippen molar-refractivity contribution in [3.05, 3.63) is 63.4 Å². The highest BCUT2D eigenvalue weighted by molar-refractivity contribution is 7.90. The van der Waals surface area contributed by atoms with Crippen LogP contribution >= 0.6 is 0 Å². The van der Waals surface area contributed by atoms with Gasteiger partial charge in [0.25, 0.3) is 0 Å². The first-order chi connectivity index (χ1) is 12.7. The van der Waals surface area contributed by atoms with E-state index in [1.54, 1.807) is 19.9 Å². The van der Waals surface area contributed by atoms with Crippen LogP contribution in [0.1, 0.15) is 16.7 Å². The predicted molar refractivity (Wildman–Crippen MR) is 99.1 cm³/mol. The van der Waals surface area contributed by atoms with Crippen LogP contribution in [-0.4, -0.2) is 26.7 Å². The first-order valence-electron chi connectivity index (χ1n) is 8.33. The molecule has 0 aliphatic rings. The predicted octanol–water partition coefficient (Wildman–Crippen LogP) is 2.97. The lowest BCUT2D eigenvalue weighted by Crippen LogP contribution is -2.17. The van der Waals surface area contributed by atoms with Gasteiger partial charge in [-0.15, -0.1) is 0 Å². The number of rotatable bonds is 6. The molecule has 6 nitrogen and oxygen atoms in total. The van der Waals surface area contributed by atoms with Gasteiger partial charge in [0, 0.05) is 7.11 Å². The van der Waals surface area contributed by atoms with Gasteiger partial charge in [-0.05, 0) is 48.7 Å². The number of hydrogen-bond acceptors (Lipinski definition) is 5. The van der Waals surface area contributed by atoms with Crippen LogP contribution in [0.4, 0.5) is 4.39 Å². The summed E-state index contributed by atoms with van der Waals surface area (Å²) in [5.74, 6) is -1.21. The minimum Gasteiger partial charge on any atom is -0.408 e. The van der Waals surface area contributed by atoms with Gasteiger partial charge in [0.15, 0.2) is 15.4 Å². The van der Waals surface area contributed by atoms with Gasteiger partial charge in [0.1, 0.15) is 5.82 Å². The van der Waals surface area contributed by atoms with Crippen LogP contribution in [0.15, 0.2) is 44.4 Å². The molecule has 0 aliphatic heterocycles. The highest BCUT2D eigenvalue weighted by atomic mass is 32.2. The zero-order valence-electron chi connectivity index (χ0n) is 15.3. The van der Waals surface area contributed by atoms with Crippen LogP contribution < -0.4 is 5.76 Å². The summed E-state index contributed by atoms with van der Waals surface area (Å²) in [6.07, 6.45) is 0. The first kappa shape index (κ1) is 19.3. The van der Waals surface area contributed by atoms with Crippen molar-refractivity contribution >= 4 is 20.9 Å². The lowest BCUT2D eigenvalue weighted by Gasteiger charge is -2.10. The Kier molecular flexibility index (Phi) is 5.21. The Labute approximate surface area is 156 Å². The SMILES string of the molecule is COCCn1c(=O)oc2cc(C)c(S(=O)(=O)Cc3ccc(F)c(C)c3)cc21. The van der Waals surface area contributed by atoms with E-state index in [1.165, 1.54) is 35.9 Å². The van der Waals surface area contributed by atoms with Crippen LogP contribution in [-0.2, 0) is 26.9 Å². The maximum absolute atomic E-state index is 13.4. The minimum absolute atomic E-state index is 0.115. The summed E-state index contributed by atoms with van der Waals surface area (Å²) in [4.78, 5) is 12.1. The van der Waals surface area contributed by atoms with E-state index in [0.717, 1.165) is 0 Å². The third kappa shape index (κ3) is 3.81. The van der Waals surface area contributed by atoms with E-state index in [1.807, 2.05) is 0 Å². The van der Waals surface area contributed by atoms with Crippen LogP contribution in [0.3, 0.4) is 0 Å². The molecule has 0 spiro atoms. The molecule has 144 valence electrons. The third-order valence-electron chi connectivity index (χ3n) is 4.40. The maximum atomic E-state index is 13.4. The van der Waals surface area contributed by atoms with Crippen LogP contribution in [0.5, 0.6) is 0 Å². The zero-order valence-corrected chi connectivity index (χ0v) is 16.1. The Bertz CT molecular complexity index is 1160. The third-order valence-corrected chi connectivity index (χ3v) is 6.22. The summed E-state index contributed by atoms with van der Waals surface area (Å²) in [5.41, 5.74) is 2.09. The fraction of sp³-hybridized carbons (Fsp3) is 0.316. The van der Waals surface area contributed by atoms with Gasteiger partial charge >= 0.3 is 5.76 Å². The van der Waals surface area contributed by atoms with Gasteiger partial charge in [-0.25, -0.2) is 17.6 Å². The second-order valence-electron chi connectivity index (χ2n) is 6.44. The van der Waals surface area contributed by atoms with Gasteiger partial charge in [0.05, 0.1) is 29.3 Å². The molecule has 8 heteroatoms. The number of aromatic nitrogens is 1. The number of fused-ring (bicyclic) bond motifs is 1. The van der Waals surface area contributed by atoms with Crippen molar-refractivity contribution in [2.45, 2.75) is 31.0 Å². The molecular formula is C19H20FNO5S. The van der Waals surface area contributed by atoms with Crippen LogP contribution in [0.2, 0.25) is 0 Å². The lowest BCUT2D eigenvalue weighted by atomic mass is 10.1. The summed E-state index contributed by atoms with van der Waals surface area (Å²) in [5, 5.41) is 0. The molecule has 0 unspecified atom stereocenters. The van der Waals surface area contributed by atoms with Crippen molar-refractivity contribution in [3.63, 3.8) is 0 Å². The largest absolute Gasteiger partial charge is 0.420 e. The molecule has 0 atom stereocenters. The summed E-state index contributed by atoms with van der Waals surface area (Å²) in [6, 6.07) is 7.24. The molecule has 3 aromatic rings. The summed E-state index contributed by atoms with van der Waals surface area (Å²) >= 11 is 0. The topological polar surface area (TPSA) is 78.5 Å². The number of methoxy groups -OCH3 is 1. The smallest absolute Gasteiger partial charge is 0.408 e. The van der Waals surface area contributed by atoms with Crippen molar-refractivity contribution < 1.29 is 22.0 Å². The van der Waals surface area contributed by atoms with E-state index >= 15 is 0 Å². The normalized spacial score (nSPS) is 12.0. The standard InChI is InChI=1S/C19H20FNO5S/c1-12-8-14(4-5-15(12)20)11-27(23,24)18-10-16-17(9-13(18)2)26-19(22)21(16)6-7-25-3/h4-5,8-10H,6-7,11H2,1-3H3. The molecular weight excluding hydrogens is 373 g/mol. The lowest BCUT2D eigenvalue weighted by molar-refractivity contribution is 0.186. The van der Waals surface area contributed by atoms with Crippen molar-refractivity contribution in [3.8, 4) is 0 Å². The molecule has 0 fully saturated rings. The Morgan fingerprint density at radius 1 is 1.15 bits per heavy atom. The molecule has 0 aliphatic carbocycles. The van der Waals surface area contributed by atoms with Gasteiger partial charge in [-0.3, -0.25) is 4.57 Å². The Balaban J connectivity index is 2.07. The van der Waals surface area contributed by atoms with Gasteiger partial charge in [-0.2, -0.15) is 0 Å². The summed E-state index contributed by atoms with van der Waals surface area (Å²) in [7, 11) is -2.19. The molecule has 2 aromatic carbocycles. The average Bonchev–Trinajstić information content (AvgIpc) is 2.89. The van der Waals surface area contributed by atoms with Gasteiger partial charge in [-0.1, -0.05) is 12.1 Å². The molecule has 0 saturated heterocycles. The van der Waals surface area contributed by atoms with E-state index < -0.39 is 15.6 Å². The highest BCUT2D eigenvalue weighted by Gasteiger charge is 2.21. The fourth-order valence-corrected chi connectivity index (χ4v) is 4.63. The Morgan fingerprint density at radius 3 is 2.56 bits per heavy atom. The molecule has 0 saturated carbocycles. The fourth-order valence-electron chi connectivity index (χ4n) is 3.01. The number of sulfone groups is 1. The van der Waals surface area contributed by atoms with E-state index in [4.69, 9.17) is 9.15 Å². The van der Waals surface area contributed by atoms with E-state index in [2.05, 4.69) is 0 Å². The van der Waals surface area contributed by atoms with Crippen LogP contribution in [0.25, 0.3) is 11.1 Å². The average molecular weight is 393 g/mol. The van der Waals surface area contributed by atoms with Gasteiger partial charge in [0.2, 0.25) is 0 Å². The number of hydrogen-bond donors (Lipinski definition) is 0. The number of aryl methyl sites for hydroxylation is 2. The quantitative estimate of drug-likeness (QED) is 0.643. The Hall–Kier alpha value is -2.45. The maximum Gasteiger partial charge on any atom is 0.420 e. The monoisotopic (exact) mass is 393 g/mol. The molecule has 0 N–H and O–H groups in total. The van der Waals surface area contributed by atoms with Gasteiger partial charge < -0.3 is 9.15 Å². The van der Waals surface area contributed by atoms with E-state index in [0.29, 0.717) is 34.4 Å². The molecule has 3 rings (SSSR count). The zero-order chi connectivity index (χ0) is 19.8. The molecule has 0 amide bonds. The highest BCUT2D eigenvalue weighted by Crippen LogP contribution is 2.26. The number of halogens is 1. The van der Waals surface area contributed by atoms with Crippen LogP contribution in [0, 0.1) is 19.7 Å². The number of benzene rings is 2. The minimum atomic E-state index is -3.70. The summed E-state index contributed by atoms with van der Waals surface area (Å²) < 4.78 is 50.9. The molecule has 0 bridgehead atoms. The summed E-state index contributed by atoms with van der Waals surface area (Å²) in [6.45, 7) is 3.78. The van der Waals surface area contributed by atoms with Crippen molar-refractivity contribution in [2.24, 2.45) is 0 Å². The number of ether oxygens (including phenoxy) is 1. The molecule has 1 heterocycles. The number of oxazole rings is 1. The second kappa shape index (κ2) is 7.28. The number of nitrogens with zero attached hydrogens (tertiary/aromatic N) is 1. The van der Waals surface area contributed by atoms with E-state index in [-0.39, 0.29) is 23.0 Å². The van der Waals surface area contributed by atoms with E-state index in [9.17, 15) is 17.6 Å². The molecule has 27 heavy (non-hydrogen) atoms. The Morgan fingerprint density at radius 2 is 1.89 bits per heavy atom. The van der Waals surface area contributed by atoms with Crippen molar-refractivity contribution in [2.75, 3.05) is 13.7 Å². The van der Waals surface area contributed by atoms with Crippen molar-refractivity contribution in [1.82, 2.24) is 4.57 Å². The first-order valence-corrected chi connectivity index (χ1v) is 9.99. The second-order valence-corrected chi connectivity index (χ2v) is 8.40. The van der Waals surface area contributed by atoms with Crippen molar-refractivity contribution in [1.29, 1.82) is 0 Å². The molecule has 0 radical (unpaired) electrons. The molecule has 1 aromatic heterocycles.